The van der Waals surface area contributed by atoms with Crippen molar-refractivity contribution in [1.82, 2.24) is 9.78 Å². The average molecular weight is 254 g/mol. The second-order valence-electron chi connectivity index (χ2n) is 4.13. The van der Waals surface area contributed by atoms with E-state index in [1.165, 1.54) is 12.1 Å². The first-order chi connectivity index (χ1) is 9.25. The molecule has 2 aromatic carbocycles. The SMILES string of the molecule is Oc1ccc(-c2ccnn2-c2ccccc2)cc1F. The summed E-state index contributed by atoms with van der Waals surface area (Å²) in [5.74, 6) is -0.993. The number of benzene rings is 2. The molecular weight excluding hydrogens is 243 g/mol. The van der Waals surface area contributed by atoms with Crippen molar-refractivity contribution in [2.24, 2.45) is 0 Å². The standard InChI is InChI=1S/C15H11FN2O/c16-13-10-11(6-7-15(13)19)14-8-9-17-18(14)12-4-2-1-3-5-12/h1-10,19H. The summed E-state index contributed by atoms with van der Waals surface area (Å²) in [7, 11) is 0. The number of aromatic hydroxyl groups is 1. The van der Waals surface area contributed by atoms with Gasteiger partial charge < -0.3 is 5.11 Å². The first-order valence-electron chi connectivity index (χ1n) is 5.84. The molecule has 0 aliphatic heterocycles. The number of phenolic OH excluding ortho intramolecular Hbond substituents is 1. The van der Waals surface area contributed by atoms with Crippen LogP contribution in [0.1, 0.15) is 0 Å². The lowest BCUT2D eigenvalue weighted by Gasteiger charge is -2.08. The highest BCUT2D eigenvalue weighted by Gasteiger charge is 2.09. The summed E-state index contributed by atoms with van der Waals surface area (Å²) in [5.41, 5.74) is 2.33. The minimum atomic E-state index is -0.640. The third-order valence-corrected chi connectivity index (χ3v) is 2.89. The van der Waals surface area contributed by atoms with Gasteiger partial charge in [-0.05, 0) is 36.4 Å². The van der Waals surface area contributed by atoms with E-state index in [-0.39, 0.29) is 5.75 Å². The smallest absolute Gasteiger partial charge is 0.165 e. The molecule has 3 rings (SSSR count). The normalized spacial score (nSPS) is 10.6. The Morgan fingerprint density at radius 1 is 1.00 bits per heavy atom. The molecule has 1 heterocycles. The van der Waals surface area contributed by atoms with Crippen LogP contribution in [0.25, 0.3) is 16.9 Å². The van der Waals surface area contributed by atoms with Gasteiger partial charge in [-0.1, -0.05) is 18.2 Å². The molecule has 4 heteroatoms. The average Bonchev–Trinajstić information content (AvgIpc) is 2.92. The van der Waals surface area contributed by atoms with E-state index in [1.807, 2.05) is 30.3 Å². The van der Waals surface area contributed by atoms with Crippen molar-refractivity contribution < 1.29 is 9.50 Å². The molecule has 0 fully saturated rings. The zero-order valence-electron chi connectivity index (χ0n) is 9.99. The van der Waals surface area contributed by atoms with Gasteiger partial charge in [0, 0.05) is 5.56 Å². The molecule has 94 valence electrons. The summed E-state index contributed by atoms with van der Waals surface area (Å²) in [6.45, 7) is 0. The minimum Gasteiger partial charge on any atom is -0.505 e. The van der Waals surface area contributed by atoms with Crippen LogP contribution in [-0.4, -0.2) is 14.9 Å². The van der Waals surface area contributed by atoms with Gasteiger partial charge in [-0.2, -0.15) is 5.10 Å². The van der Waals surface area contributed by atoms with Crippen LogP contribution in [-0.2, 0) is 0 Å². The number of phenols is 1. The number of halogens is 1. The molecule has 0 saturated heterocycles. The highest BCUT2D eigenvalue weighted by Crippen LogP contribution is 2.26. The highest BCUT2D eigenvalue weighted by molar-refractivity contribution is 5.62. The fourth-order valence-corrected chi connectivity index (χ4v) is 1.96. The lowest BCUT2D eigenvalue weighted by Crippen LogP contribution is -1.98. The number of rotatable bonds is 2. The van der Waals surface area contributed by atoms with Crippen molar-refractivity contribution in [2.45, 2.75) is 0 Å². The van der Waals surface area contributed by atoms with E-state index in [0.717, 1.165) is 11.4 Å². The molecule has 1 aromatic heterocycles. The Kier molecular flexibility index (Phi) is 2.76. The van der Waals surface area contributed by atoms with Crippen molar-refractivity contribution in [1.29, 1.82) is 0 Å². The van der Waals surface area contributed by atoms with Crippen molar-refractivity contribution in [2.75, 3.05) is 0 Å². The predicted molar refractivity (Wildman–Crippen MR) is 70.6 cm³/mol. The van der Waals surface area contributed by atoms with E-state index < -0.39 is 5.82 Å². The molecule has 19 heavy (non-hydrogen) atoms. The van der Waals surface area contributed by atoms with E-state index >= 15 is 0 Å². The number of hydrogen-bond donors (Lipinski definition) is 1. The Morgan fingerprint density at radius 2 is 1.79 bits per heavy atom. The van der Waals surface area contributed by atoms with Crippen LogP contribution in [0.4, 0.5) is 4.39 Å². The van der Waals surface area contributed by atoms with Crippen LogP contribution in [0.3, 0.4) is 0 Å². The zero-order chi connectivity index (χ0) is 13.2. The van der Waals surface area contributed by atoms with Crippen LogP contribution >= 0.6 is 0 Å². The van der Waals surface area contributed by atoms with E-state index in [4.69, 9.17) is 0 Å². The van der Waals surface area contributed by atoms with Gasteiger partial charge in [0.1, 0.15) is 0 Å². The van der Waals surface area contributed by atoms with Gasteiger partial charge in [-0.15, -0.1) is 0 Å². The van der Waals surface area contributed by atoms with Gasteiger partial charge in [-0.25, -0.2) is 9.07 Å². The summed E-state index contributed by atoms with van der Waals surface area (Å²) in [6.07, 6.45) is 1.66. The molecular formula is C15H11FN2O. The Hall–Kier alpha value is -2.62. The molecule has 3 aromatic rings. The number of hydrogen-bond acceptors (Lipinski definition) is 2. The Labute approximate surface area is 109 Å². The Bertz CT molecular complexity index is 707. The molecule has 1 N–H and O–H groups in total. The first-order valence-corrected chi connectivity index (χ1v) is 5.84. The maximum Gasteiger partial charge on any atom is 0.165 e. The van der Waals surface area contributed by atoms with Crippen molar-refractivity contribution in [3.05, 3.63) is 66.6 Å². The molecule has 0 bridgehead atoms. The topological polar surface area (TPSA) is 38.1 Å². The number of para-hydroxylation sites is 1. The molecule has 0 saturated carbocycles. The monoisotopic (exact) mass is 254 g/mol. The van der Waals surface area contributed by atoms with Crippen LogP contribution in [0.2, 0.25) is 0 Å². The summed E-state index contributed by atoms with van der Waals surface area (Å²) in [4.78, 5) is 0. The summed E-state index contributed by atoms with van der Waals surface area (Å²) in [6, 6.07) is 15.7. The van der Waals surface area contributed by atoms with E-state index in [9.17, 15) is 9.50 Å². The van der Waals surface area contributed by atoms with Gasteiger partial charge in [-0.3, -0.25) is 0 Å². The minimum absolute atomic E-state index is 0.352. The zero-order valence-corrected chi connectivity index (χ0v) is 9.99. The van der Waals surface area contributed by atoms with Crippen LogP contribution in [0.5, 0.6) is 5.75 Å². The lowest BCUT2D eigenvalue weighted by atomic mass is 10.1. The molecule has 0 spiro atoms. The molecule has 0 aliphatic carbocycles. The fraction of sp³-hybridized carbons (Fsp3) is 0. The number of nitrogens with zero attached hydrogens (tertiary/aromatic N) is 2. The van der Waals surface area contributed by atoms with Crippen molar-refractivity contribution in [3.8, 4) is 22.7 Å². The lowest BCUT2D eigenvalue weighted by molar-refractivity contribution is 0.432. The summed E-state index contributed by atoms with van der Waals surface area (Å²) < 4.78 is 15.2. The maximum atomic E-state index is 13.4. The second-order valence-corrected chi connectivity index (χ2v) is 4.13. The largest absolute Gasteiger partial charge is 0.505 e. The molecule has 3 nitrogen and oxygen atoms in total. The summed E-state index contributed by atoms with van der Waals surface area (Å²) >= 11 is 0. The summed E-state index contributed by atoms with van der Waals surface area (Å²) in [5, 5.41) is 13.5. The quantitative estimate of drug-likeness (QED) is 0.761. The Balaban J connectivity index is 2.12. The van der Waals surface area contributed by atoms with Crippen molar-refractivity contribution in [3.63, 3.8) is 0 Å². The van der Waals surface area contributed by atoms with Gasteiger partial charge in [0.25, 0.3) is 0 Å². The fourth-order valence-electron chi connectivity index (χ4n) is 1.96. The Morgan fingerprint density at radius 3 is 2.53 bits per heavy atom. The molecule has 0 unspecified atom stereocenters. The van der Waals surface area contributed by atoms with Gasteiger partial charge in [0.2, 0.25) is 0 Å². The van der Waals surface area contributed by atoms with Gasteiger partial charge in [0.05, 0.1) is 17.6 Å². The third-order valence-electron chi connectivity index (χ3n) is 2.89. The van der Waals surface area contributed by atoms with E-state index in [1.54, 1.807) is 23.0 Å². The number of aromatic nitrogens is 2. The van der Waals surface area contributed by atoms with Crippen LogP contribution < -0.4 is 0 Å². The molecule has 0 amide bonds. The van der Waals surface area contributed by atoms with Crippen LogP contribution in [0, 0.1) is 5.82 Å². The van der Waals surface area contributed by atoms with Gasteiger partial charge >= 0.3 is 0 Å². The predicted octanol–water partition coefficient (Wildman–Crippen LogP) is 3.38. The molecule has 0 aliphatic rings. The second kappa shape index (κ2) is 4.57. The van der Waals surface area contributed by atoms with Crippen molar-refractivity contribution >= 4 is 0 Å². The highest BCUT2D eigenvalue weighted by atomic mass is 19.1. The molecule has 0 atom stereocenters. The third kappa shape index (κ3) is 2.08. The van der Waals surface area contributed by atoms with E-state index in [0.29, 0.717) is 5.56 Å². The maximum absolute atomic E-state index is 13.4. The van der Waals surface area contributed by atoms with E-state index in [2.05, 4.69) is 5.10 Å². The van der Waals surface area contributed by atoms with Gasteiger partial charge in [0.15, 0.2) is 11.6 Å². The first kappa shape index (κ1) is 11.5. The van der Waals surface area contributed by atoms with Crippen LogP contribution in [0.15, 0.2) is 60.8 Å². The molecule has 0 radical (unpaired) electrons.